The molecule has 32 heavy (non-hydrogen) atoms. The van der Waals surface area contributed by atoms with Crippen molar-refractivity contribution in [2.24, 2.45) is 4.99 Å². The molecule has 0 aliphatic carbocycles. The van der Waals surface area contributed by atoms with Crippen LogP contribution in [-0.2, 0) is 4.79 Å². The van der Waals surface area contributed by atoms with Gasteiger partial charge < -0.3 is 10.6 Å². The molecular weight excluding hydrogens is 429 g/mol. The summed E-state index contributed by atoms with van der Waals surface area (Å²) in [6.45, 7) is 0. The first-order chi connectivity index (χ1) is 15.5. The summed E-state index contributed by atoms with van der Waals surface area (Å²) in [6, 6.07) is 21.9. The van der Waals surface area contributed by atoms with Crippen LogP contribution in [0.4, 0.5) is 10.1 Å². The molecule has 3 aromatic carbocycles. The van der Waals surface area contributed by atoms with Gasteiger partial charge in [-0.25, -0.2) is 9.38 Å². The van der Waals surface area contributed by atoms with Crippen molar-refractivity contribution in [1.82, 2.24) is 16.2 Å². The molecule has 0 fully saturated rings. The fraction of sp³-hybridized carbons (Fsp3) is 0.0435. The summed E-state index contributed by atoms with van der Waals surface area (Å²) in [5, 5.41) is 5.64. The molecule has 1 unspecified atom stereocenters. The summed E-state index contributed by atoms with van der Waals surface area (Å²) in [5.41, 5.74) is 8.05. The minimum absolute atomic E-state index is 0.0114. The Labute approximate surface area is 188 Å². The standard InChI is InChI=1S/C23H18FN5O2S/c24-16-12-10-15(11-13-16)21(30)28-29-23(32)27-20-22(31)25-18-9-5-4-8-17(18)19(26-20)14-6-2-1-3-7-14/h1-13,20H,(H,25,31)(H,28,30)(H2,27,29,32). The molecule has 7 nitrogen and oxygen atoms in total. The molecule has 0 aromatic heterocycles. The van der Waals surface area contributed by atoms with Gasteiger partial charge in [-0.1, -0.05) is 48.5 Å². The van der Waals surface area contributed by atoms with Gasteiger partial charge in [0.15, 0.2) is 5.11 Å². The van der Waals surface area contributed by atoms with Crippen LogP contribution in [0.1, 0.15) is 21.5 Å². The number of benzene rings is 3. The van der Waals surface area contributed by atoms with E-state index in [0.717, 1.165) is 11.1 Å². The molecule has 2 amide bonds. The molecule has 0 saturated heterocycles. The molecule has 0 saturated carbocycles. The van der Waals surface area contributed by atoms with Crippen molar-refractivity contribution in [2.75, 3.05) is 5.32 Å². The number of rotatable bonds is 3. The van der Waals surface area contributed by atoms with Crippen LogP contribution in [0.3, 0.4) is 0 Å². The summed E-state index contributed by atoms with van der Waals surface area (Å²) >= 11 is 5.22. The zero-order chi connectivity index (χ0) is 22.5. The van der Waals surface area contributed by atoms with Crippen LogP contribution in [0.25, 0.3) is 0 Å². The fourth-order valence-corrected chi connectivity index (χ4v) is 3.29. The number of amides is 2. The highest BCUT2D eigenvalue weighted by Gasteiger charge is 2.26. The lowest BCUT2D eigenvalue weighted by Gasteiger charge is -2.16. The Kier molecular flexibility index (Phi) is 6.18. The third kappa shape index (κ3) is 4.79. The first-order valence-electron chi connectivity index (χ1n) is 9.67. The van der Waals surface area contributed by atoms with Crippen molar-refractivity contribution in [3.8, 4) is 0 Å². The number of halogens is 1. The van der Waals surface area contributed by atoms with Gasteiger partial charge in [0.25, 0.3) is 11.8 Å². The lowest BCUT2D eigenvalue weighted by molar-refractivity contribution is -0.117. The normalized spacial score (nSPS) is 14.8. The van der Waals surface area contributed by atoms with Gasteiger partial charge in [0.2, 0.25) is 6.17 Å². The highest BCUT2D eigenvalue weighted by Crippen LogP contribution is 2.23. The Morgan fingerprint density at radius 3 is 2.38 bits per heavy atom. The monoisotopic (exact) mass is 447 g/mol. The van der Waals surface area contributed by atoms with Gasteiger partial charge in [-0.3, -0.25) is 20.4 Å². The molecule has 0 spiro atoms. The largest absolute Gasteiger partial charge is 0.332 e. The van der Waals surface area contributed by atoms with Crippen molar-refractivity contribution in [3.05, 3.63) is 101 Å². The number of nitrogens with zero attached hydrogens (tertiary/aromatic N) is 1. The Bertz CT molecular complexity index is 1200. The van der Waals surface area contributed by atoms with Crippen LogP contribution in [0.15, 0.2) is 83.9 Å². The van der Waals surface area contributed by atoms with E-state index in [1.807, 2.05) is 48.5 Å². The van der Waals surface area contributed by atoms with E-state index in [-0.39, 0.29) is 10.7 Å². The predicted molar refractivity (Wildman–Crippen MR) is 124 cm³/mol. The van der Waals surface area contributed by atoms with E-state index in [0.29, 0.717) is 11.4 Å². The molecule has 9 heteroatoms. The number of thiocarbonyl (C=S) groups is 1. The van der Waals surface area contributed by atoms with Crippen molar-refractivity contribution >= 4 is 40.5 Å². The third-order valence-electron chi connectivity index (χ3n) is 4.66. The van der Waals surface area contributed by atoms with Gasteiger partial charge in [0, 0.05) is 16.7 Å². The minimum Gasteiger partial charge on any atom is -0.332 e. The molecule has 1 aliphatic rings. The van der Waals surface area contributed by atoms with Crippen LogP contribution < -0.4 is 21.5 Å². The maximum absolute atomic E-state index is 13.0. The highest BCUT2D eigenvalue weighted by atomic mass is 32.1. The van der Waals surface area contributed by atoms with Crippen molar-refractivity contribution in [3.63, 3.8) is 0 Å². The Hall–Kier alpha value is -4.11. The van der Waals surface area contributed by atoms with E-state index < -0.39 is 23.8 Å². The van der Waals surface area contributed by atoms with E-state index in [1.54, 1.807) is 6.07 Å². The zero-order valence-corrected chi connectivity index (χ0v) is 17.4. The van der Waals surface area contributed by atoms with Gasteiger partial charge in [0.05, 0.1) is 11.4 Å². The molecule has 0 bridgehead atoms. The summed E-state index contributed by atoms with van der Waals surface area (Å²) < 4.78 is 13.0. The van der Waals surface area contributed by atoms with Crippen molar-refractivity contribution in [2.45, 2.75) is 6.17 Å². The van der Waals surface area contributed by atoms with Gasteiger partial charge in [-0.05, 0) is 42.5 Å². The van der Waals surface area contributed by atoms with Crippen LogP contribution in [0.5, 0.6) is 0 Å². The van der Waals surface area contributed by atoms with Crippen LogP contribution in [0.2, 0.25) is 0 Å². The quantitative estimate of drug-likeness (QED) is 0.366. The van der Waals surface area contributed by atoms with Crippen molar-refractivity contribution < 1.29 is 14.0 Å². The minimum atomic E-state index is -1.04. The summed E-state index contributed by atoms with van der Waals surface area (Å²) in [4.78, 5) is 29.6. The van der Waals surface area contributed by atoms with Crippen LogP contribution >= 0.6 is 12.2 Å². The van der Waals surface area contributed by atoms with Crippen LogP contribution in [0, 0.1) is 5.82 Å². The fourth-order valence-electron chi connectivity index (χ4n) is 3.13. The number of benzodiazepines with no additional fused rings is 1. The number of carbonyl (C=O) groups excluding carboxylic acids is 2. The predicted octanol–water partition coefficient (Wildman–Crippen LogP) is 2.75. The van der Waals surface area contributed by atoms with Gasteiger partial charge in [0.1, 0.15) is 5.82 Å². The van der Waals surface area contributed by atoms with Gasteiger partial charge in [-0.2, -0.15) is 0 Å². The van der Waals surface area contributed by atoms with E-state index in [9.17, 15) is 14.0 Å². The number of hydrazine groups is 1. The number of fused-ring (bicyclic) bond motifs is 1. The molecule has 0 radical (unpaired) electrons. The number of carbonyl (C=O) groups is 2. The maximum Gasteiger partial charge on any atom is 0.269 e. The third-order valence-corrected chi connectivity index (χ3v) is 4.88. The number of hydrogen-bond acceptors (Lipinski definition) is 4. The van der Waals surface area contributed by atoms with E-state index >= 15 is 0 Å². The number of anilines is 1. The molecule has 1 atom stereocenters. The average Bonchev–Trinajstić information content (AvgIpc) is 2.95. The summed E-state index contributed by atoms with van der Waals surface area (Å²) in [7, 11) is 0. The Morgan fingerprint density at radius 1 is 0.938 bits per heavy atom. The first-order valence-corrected chi connectivity index (χ1v) is 10.1. The second-order valence-electron chi connectivity index (χ2n) is 6.84. The van der Waals surface area contributed by atoms with E-state index in [2.05, 4.69) is 26.5 Å². The van der Waals surface area contributed by atoms with Crippen molar-refractivity contribution in [1.29, 1.82) is 0 Å². The number of nitrogens with one attached hydrogen (secondary N) is 4. The molecule has 160 valence electrons. The Morgan fingerprint density at radius 2 is 1.62 bits per heavy atom. The smallest absolute Gasteiger partial charge is 0.269 e. The molecule has 3 aromatic rings. The SMILES string of the molecule is O=C(NNC(=S)NC1N=C(c2ccccc2)c2ccccc2NC1=O)c1ccc(F)cc1. The zero-order valence-electron chi connectivity index (χ0n) is 16.6. The topological polar surface area (TPSA) is 94.6 Å². The van der Waals surface area contributed by atoms with Crippen LogP contribution in [-0.4, -0.2) is 28.8 Å². The lowest BCUT2D eigenvalue weighted by Crippen LogP contribution is -2.52. The van der Waals surface area contributed by atoms with E-state index in [4.69, 9.17) is 12.2 Å². The summed E-state index contributed by atoms with van der Waals surface area (Å²) in [6.07, 6.45) is -1.04. The maximum atomic E-state index is 13.0. The molecule has 4 rings (SSSR count). The van der Waals surface area contributed by atoms with E-state index in [1.165, 1.54) is 24.3 Å². The second kappa shape index (κ2) is 9.36. The molecule has 1 heterocycles. The van der Waals surface area contributed by atoms with Gasteiger partial charge in [-0.15, -0.1) is 0 Å². The second-order valence-corrected chi connectivity index (χ2v) is 7.25. The highest BCUT2D eigenvalue weighted by molar-refractivity contribution is 7.80. The Balaban J connectivity index is 1.51. The molecule has 1 aliphatic heterocycles. The lowest BCUT2D eigenvalue weighted by atomic mass is 10.0. The summed E-state index contributed by atoms with van der Waals surface area (Å²) in [5.74, 6) is -1.36. The molecule has 4 N–H and O–H groups in total. The first kappa shape index (κ1) is 21.1. The molecular formula is C23H18FN5O2S. The van der Waals surface area contributed by atoms with Gasteiger partial charge >= 0.3 is 0 Å². The average molecular weight is 447 g/mol. The number of hydrogen-bond donors (Lipinski definition) is 4. The number of aliphatic imine (C=N–C) groups is 1. The number of para-hydroxylation sites is 1.